The van der Waals surface area contributed by atoms with Crippen molar-refractivity contribution in [2.24, 2.45) is 0 Å². The lowest BCUT2D eigenvalue weighted by molar-refractivity contribution is -0.248. The van der Waals surface area contributed by atoms with E-state index in [0.717, 1.165) is 19.6 Å². The molecule has 1 saturated heterocycles. The van der Waals surface area contributed by atoms with E-state index in [4.69, 9.17) is 17.5 Å². The minimum atomic E-state index is -4.67. The van der Waals surface area contributed by atoms with E-state index in [-0.39, 0.29) is 0 Å². The fraction of sp³-hybridized carbons (Fsp3) is 1.00. The highest BCUT2D eigenvalue weighted by molar-refractivity contribution is 7.79. The second-order valence-electron chi connectivity index (χ2n) is 1.45. The van der Waals surface area contributed by atoms with Crippen LogP contribution in [0.2, 0.25) is 0 Å². The van der Waals surface area contributed by atoms with Crippen molar-refractivity contribution < 1.29 is 27.3 Å². The normalized spacial score (nSPS) is 17.8. The molecule has 0 atom stereocenters. The summed E-state index contributed by atoms with van der Waals surface area (Å²) in [5, 5.41) is 0. The van der Waals surface area contributed by atoms with Crippen molar-refractivity contribution in [2.75, 3.05) is 13.2 Å². The summed E-state index contributed by atoms with van der Waals surface area (Å²) in [5.74, 6) is 0. The van der Waals surface area contributed by atoms with Crippen LogP contribution >= 0.6 is 0 Å². The Bertz CT molecular complexity index is 140. The van der Waals surface area contributed by atoms with E-state index >= 15 is 0 Å². The first-order valence-electron chi connectivity index (χ1n) is 2.44. The zero-order valence-electron chi connectivity index (χ0n) is 5.06. The van der Waals surface area contributed by atoms with Crippen molar-refractivity contribution in [3.05, 3.63) is 0 Å². The van der Waals surface area contributed by atoms with Gasteiger partial charge >= 0.3 is 10.4 Å². The Morgan fingerprint density at radius 3 is 1.50 bits per heavy atom. The van der Waals surface area contributed by atoms with Gasteiger partial charge in [-0.2, -0.15) is 8.42 Å². The van der Waals surface area contributed by atoms with E-state index in [1.54, 1.807) is 0 Å². The van der Waals surface area contributed by atoms with Crippen LogP contribution in [0.25, 0.3) is 0 Å². The Hall–Kier alpha value is -0.210. The second-order valence-corrected chi connectivity index (χ2v) is 2.34. The van der Waals surface area contributed by atoms with Crippen molar-refractivity contribution in [1.29, 1.82) is 0 Å². The van der Waals surface area contributed by atoms with E-state index in [9.17, 15) is 0 Å². The monoisotopic (exact) mass is 172 g/mol. The Morgan fingerprint density at radius 1 is 1.10 bits per heavy atom. The lowest BCUT2D eigenvalue weighted by Crippen LogP contribution is -1.89. The summed E-state index contributed by atoms with van der Waals surface area (Å²) in [6, 6.07) is 0. The standard InChI is InChI=1S/C3H6O2.H2O4S/c1-2-4-5-3-1;1-5(2,3)4/h1-3H2;(H2,1,2,3,4). The molecule has 0 unspecified atom stereocenters. The van der Waals surface area contributed by atoms with Gasteiger partial charge in [-0.3, -0.25) is 9.11 Å². The van der Waals surface area contributed by atoms with E-state index in [1.807, 2.05) is 0 Å². The molecule has 0 spiro atoms. The molecule has 0 aromatic carbocycles. The lowest BCUT2D eigenvalue weighted by atomic mass is 10.5. The van der Waals surface area contributed by atoms with Crippen molar-refractivity contribution >= 4 is 10.4 Å². The molecule has 2 N–H and O–H groups in total. The summed E-state index contributed by atoms with van der Waals surface area (Å²) in [5.41, 5.74) is 0. The summed E-state index contributed by atoms with van der Waals surface area (Å²) in [4.78, 5) is 8.89. The maximum atomic E-state index is 8.74. The van der Waals surface area contributed by atoms with Gasteiger partial charge in [-0.05, 0) is 0 Å². The quantitative estimate of drug-likeness (QED) is 0.384. The molecule has 1 aliphatic rings. The topological polar surface area (TPSA) is 93.1 Å². The third-order valence-electron chi connectivity index (χ3n) is 0.539. The van der Waals surface area contributed by atoms with E-state index in [0.29, 0.717) is 0 Å². The van der Waals surface area contributed by atoms with Crippen LogP contribution in [-0.2, 0) is 20.2 Å². The molecule has 62 valence electrons. The van der Waals surface area contributed by atoms with Gasteiger partial charge in [-0.25, -0.2) is 9.78 Å². The highest BCUT2D eigenvalue weighted by atomic mass is 32.3. The van der Waals surface area contributed by atoms with Crippen LogP contribution in [0.4, 0.5) is 0 Å². The molecule has 1 fully saturated rings. The third kappa shape index (κ3) is 15.7. The Labute approximate surface area is 58.3 Å². The number of hydrogen-bond donors (Lipinski definition) is 2. The maximum Gasteiger partial charge on any atom is 0.394 e. The molecule has 0 radical (unpaired) electrons. The number of rotatable bonds is 0. The van der Waals surface area contributed by atoms with E-state index < -0.39 is 10.4 Å². The van der Waals surface area contributed by atoms with Gasteiger partial charge in [0.1, 0.15) is 0 Å². The predicted octanol–water partition coefficient (Wildman–Crippen LogP) is -0.314. The van der Waals surface area contributed by atoms with E-state index in [1.165, 1.54) is 0 Å². The minimum Gasteiger partial charge on any atom is -0.264 e. The highest BCUT2D eigenvalue weighted by Gasteiger charge is 1.95. The molecular formula is C3H8O6S. The van der Waals surface area contributed by atoms with Crippen LogP contribution in [0.5, 0.6) is 0 Å². The third-order valence-corrected chi connectivity index (χ3v) is 0.539. The van der Waals surface area contributed by atoms with Gasteiger partial charge in [0.25, 0.3) is 0 Å². The first-order chi connectivity index (χ1) is 4.50. The molecule has 10 heavy (non-hydrogen) atoms. The van der Waals surface area contributed by atoms with Crippen molar-refractivity contribution in [1.82, 2.24) is 0 Å². The molecule has 7 heteroatoms. The zero-order valence-corrected chi connectivity index (χ0v) is 5.87. The van der Waals surface area contributed by atoms with Crippen molar-refractivity contribution in [3.8, 4) is 0 Å². The molecule has 1 aliphatic heterocycles. The Morgan fingerprint density at radius 2 is 1.40 bits per heavy atom. The summed E-state index contributed by atoms with van der Waals surface area (Å²) < 4.78 is 31.6. The first kappa shape index (κ1) is 9.79. The Balaban J connectivity index is 0.000000162. The van der Waals surface area contributed by atoms with Crippen LogP contribution in [0.1, 0.15) is 6.42 Å². The van der Waals surface area contributed by atoms with Gasteiger partial charge in [0.05, 0.1) is 13.2 Å². The average molecular weight is 172 g/mol. The summed E-state index contributed by atoms with van der Waals surface area (Å²) in [6.07, 6.45) is 1.06. The molecule has 6 nitrogen and oxygen atoms in total. The number of hydrogen-bond acceptors (Lipinski definition) is 4. The van der Waals surface area contributed by atoms with Gasteiger partial charge in [0.15, 0.2) is 0 Å². The van der Waals surface area contributed by atoms with Crippen molar-refractivity contribution in [2.45, 2.75) is 6.42 Å². The fourth-order valence-corrected chi connectivity index (χ4v) is 0.295. The zero-order chi connectivity index (χ0) is 8.04. The molecule has 0 bridgehead atoms. The van der Waals surface area contributed by atoms with Gasteiger partial charge in [0.2, 0.25) is 0 Å². The molecule has 0 aromatic rings. The second kappa shape index (κ2) is 4.58. The summed E-state index contributed by atoms with van der Waals surface area (Å²) in [6.45, 7) is 1.56. The minimum absolute atomic E-state index is 0.778. The van der Waals surface area contributed by atoms with Crippen molar-refractivity contribution in [3.63, 3.8) is 0 Å². The molecule has 0 aromatic heterocycles. The molecule has 0 amide bonds. The van der Waals surface area contributed by atoms with Gasteiger partial charge in [-0.15, -0.1) is 0 Å². The fourth-order valence-electron chi connectivity index (χ4n) is 0.295. The maximum absolute atomic E-state index is 8.74. The highest BCUT2D eigenvalue weighted by Crippen LogP contribution is 1.93. The molecular weight excluding hydrogens is 164 g/mol. The van der Waals surface area contributed by atoms with Gasteiger partial charge in [-0.1, -0.05) is 0 Å². The summed E-state index contributed by atoms with van der Waals surface area (Å²) >= 11 is 0. The van der Waals surface area contributed by atoms with E-state index in [2.05, 4.69) is 9.78 Å². The average Bonchev–Trinajstić information content (AvgIpc) is 2.07. The van der Waals surface area contributed by atoms with Crippen LogP contribution in [0.3, 0.4) is 0 Å². The smallest absolute Gasteiger partial charge is 0.264 e. The molecule has 1 heterocycles. The SMILES string of the molecule is C1COOC1.O=S(=O)(O)O. The van der Waals surface area contributed by atoms with Crippen LogP contribution in [0, 0.1) is 0 Å². The van der Waals surface area contributed by atoms with Gasteiger partial charge < -0.3 is 0 Å². The van der Waals surface area contributed by atoms with Crippen LogP contribution < -0.4 is 0 Å². The molecule has 0 saturated carbocycles. The summed E-state index contributed by atoms with van der Waals surface area (Å²) in [7, 11) is -4.67. The predicted molar refractivity (Wildman–Crippen MR) is 30.7 cm³/mol. The largest absolute Gasteiger partial charge is 0.394 e. The van der Waals surface area contributed by atoms with Gasteiger partial charge in [0, 0.05) is 6.42 Å². The Kier molecular flexibility index (Phi) is 4.49. The molecule has 0 aliphatic carbocycles. The first-order valence-corrected chi connectivity index (χ1v) is 3.84. The van der Waals surface area contributed by atoms with Crippen LogP contribution in [0.15, 0.2) is 0 Å². The van der Waals surface area contributed by atoms with Crippen LogP contribution in [-0.4, -0.2) is 30.7 Å². The molecule has 1 rings (SSSR count). The lowest BCUT2D eigenvalue weighted by Gasteiger charge is -1.77.